The molecule has 1 fully saturated rings. The van der Waals surface area contributed by atoms with E-state index in [2.05, 4.69) is 5.32 Å². The summed E-state index contributed by atoms with van der Waals surface area (Å²) in [5, 5.41) is 4.07. The van der Waals surface area contributed by atoms with Crippen molar-refractivity contribution in [2.45, 2.75) is 6.42 Å². The van der Waals surface area contributed by atoms with Crippen LogP contribution in [0.3, 0.4) is 0 Å². The van der Waals surface area contributed by atoms with Crippen LogP contribution in [0.25, 0.3) is 11.0 Å². The van der Waals surface area contributed by atoms with Crippen LogP contribution in [-0.2, 0) is 9.59 Å². The van der Waals surface area contributed by atoms with E-state index < -0.39 is 11.5 Å². The Kier molecular flexibility index (Phi) is 4.41. The third-order valence-electron chi connectivity index (χ3n) is 4.50. The number of carbonyl (C=O) groups is 2. The lowest BCUT2D eigenvalue weighted by molar-refractivity contribution is -0.122. The fraction of sp³-hybridized carbons (Fsp3) is 0.150. The maximum atomic E-state index is 12.6. The summed E-state index contributed by atoms with van der Waals surface area (Å²) >= 11 is 5.99. The molecular weight excluding hydrogens is 368 g/mol. The molecule has 0 bridgehead atoms. The number of benzene rings is 2. The molecule has 1 aromatic heterocycles. The van der Waals surface area contributed by atoms with Gasteiger partial charge in [0.25, 0.3) is 0 Å². The van der Waals surface area contributed by atoms with Gasteiger partial charge in [0, 0.05) is 40.8 Å². The summed E-state index contributed by atoms with van der Waals surface area (Å²) in [6.07, 6.45) is 0.140. The van der Waals surface area contributed by atoms with Crippen LogP contribution < -0.4 is 15.8 Å². The van der Waals surface area contributed by atoms with E-state index in [1.807, 2.05) is 0 Å². The standard InChI is InChI=1S/C20H15ClN2O4/c21-14-2-1-3-16(10-14)23-11-13(9-18(23)24)20(26)22-15-5-6-17-12(8-15)4-7-19(25)27-17/h1-8,10,13H,9,11H2,(H,22,26)/t13-/m1/s1. The number of hydrogen-bond donors (Lipinski definition) is 1. The lowest BCUT2D eigenvalue weighted by Crippen LogP contribution is -2.28. The number of nitrogens with zero attached hydrogens (tertiary/aromatic N) is 1. The van der Waals surface area contributed by atoms with Crippen LogP contribution >= 0.6 is 11.6 Å². The second-order valence-electron chi connectivity index (χ2n) is 6.38. The molecule has 0 saturated carbocycles. The Morgan fingerprint density at radius 3 is 2.78 bits per heavy atom. The first kappa shape index (κ1) is 17.3. The van der Waals surface area contributed by atoms with E-state index in [-0.39, 0.29) is 18.2 Å². The maximum absolute atomic E-state index is 12.6. The lowest BCUT2D eigenvalue weighted by Gasteiger charge is -2.17. The predicted molar refractivity (Wildman–Crippen MR) is 103 cm³/mol. The highest BCUT2D eigenvalue weighted by molar-refractivity contribution is 6.31. The van der Waals surface area contributed by atoms with Gasteiger partial charge in [-0.05, 0) is 42.5 Å². The van der Waals surface area contributed by atoms with Crippen LogP contribution in [0.5, 0.6) is 0 Å². The number of rotatable bonds is 3. The van der Waals surface area contributed by atoms with Gasteiger partial charge in [0.05, 0.1) is 5.92 Å². The number of halogens is 1. The molecule has 1 aliphatic heterocycles. The molecule has 0 aliphatic carbocycles. The molecule has 6 nitrogen and oxygen atoms in total. The highest BCUT2D eigenvalue weighted by atomic mass is 35.5. The molecule has 1 saturated heterocycles. The Bertz CT molecular complexity index is 1110. The number of fused-ring (bicyclic) bond motifs is 1. The van der Waals surface area contributed by atoms with E-state index >= 15 is 0 Å². The third kappa shape index (κ3) is 3.57. The van der Waals surface area contributed by atoms with Crippen molar-refractivity contribution in [2.75, 3.05) is 16.8 Å². The SMILES string of the molecule is O=C(Nc1ccc2oc(=O)ccc2c1)[C@@H]1CC(=O)N(c2cccc(Cl)c2)C1. The molecule has 1 N–H and O–H groups in total. The molecule has 1 aliphatic rings. The number of hydrogen-bond acceptors (Lipinski definition) is 4. The van der Waals surface area contributed by atoms with Gasteiger partial charge in [-0.15, -0.1) is 0 Å². The molecule has 136 valence electrons. The van der Waals surface area contributed by atoms with Crippen molar-refractivity contribution in [3.63, 3.8) is 0 Å². The van der Waals surface area contributed by atoms with Crippen LogP contribution in [-0.4, -0.2) is 18.4 Å². The molecule has 2 heterocycles. The minimum Gasteiger partial charge on any atom is -0.423 e. The van der Waals surface area contributed by atoms with E-state index in [1.54, 1.807) is 53.4 Å². The summed E-state index contributed by atoms with van der Waals surface area (Å²) < 4.78 is 5.08. The van der Waals surface area contributed by atoms with E-state index in [4.69, 9.17) is 16.0 Å². The minimum atomic E-state index is -0.458. The first-order valence-electron chi connectivity index (χ1n) is 8.40. The third-order valence-corrected chi connectivity index (χ3v) is 4.74. The predicted octanol–water partition coefficient (Wildman–Crippen LogP) is 3.44. The summed E-state index contributed by atoms with van der Waals surface area (Å²) in [6, 6.07) is 15.0. The fourth-order valence-electron chi connectivity index (χ4n) is 3.17. The van der Waals surface area contributed by atoms with Gasteiger partial charge >= 0.3 is 5.63 Å². The lowest BCUT2D eigenvalue weighted by atomic mass is 10.1. The van der Waals surface area contributed by atoms with Gasteiger partial charge in [0.15, 0.2) is 0 Å². The van der Waals surface area contributed by atoms with Crippen molar-refractivity contribution in [1.82, 2.24) is 0 Å². The number of nitrogens with one attached hydrogen (secondary N) is 1. The molecule has 0 unspecified atom stereocenters. The van der Waals surface area contributed by atoms with Crippen LogP contribution in [0.15, 0.2) is 63.8 Å². The quantitative estimate of drug-likeness (QED) is 0.704. The molecule has 3 aromatic rings. The second-order valence-corrected chi connectivity index (χ2v) is 6.82. The second kappa shape index (κ2) is 6.89. The number of carbonyl (C=O) groups excluding carboxylic acids is 2. The summed E-state index contributed by atoms with van der Waals surface area (Å²) in [5.74, 6) is -0.803. The molecule has 0 spiro atoms. The average molecular weight is 383 g/mol. The molecule has 2 aromatic carbocycles. The van der Waals surface area contributed by atoms with Gasteiger partial charge in [-0.25, -0.2) is 4.79 Å². The Morgan fingerprint density at radius 2 is 1.96 bits per heavy atom. The van der Waals surface area contributed by atoms with Crippen LogP contribution in [0.1, 0.15) is 6.42 Å². The van der Waals surface area contributed by atoms with Gasteiger partial charge in [0.1, 0.15) is 5.58 Å². The Balaban J connectivity index is 1.49. The smallest absolute Gasteiger partial charge is 0.336 e. The summed E-state index contributed by atoms with van der Waals surface area (Å²) in [4.78, 5) is 37.7. The van der Waals surface area contributed by atoms with Crippen molar-refractivity contribution in [1.29, 1.82) is 0 Å². The van der Waals surface area contributed by atoms with Crippen LogP contribution in [0.2, 0.25) is 5.02 Å². The maximum Gasteiger partial charge on any atom is 0.336 e. The molecule has 0 radical (unpaired) electrons. The molecular formula is C20H15ClN2O4. The van der Waals surface area contributed by atoms with E-state index in [0.717, 1.165) is 0 Å². The number of anilines is 2. The van der Waals surface area contributed by atoms with Crippen LogP contribution in [0, 0.1) is 5.92 Å². The molecule has 4 rings (SSSR count). The van der Waals surface area contributed by atoms with Crippen molar-refractivity contribution in [3.05, 3.63) is 70.0 Å². The average Bonchev–Trinajstić information content (AvgIpc) is 3.04. The first-order chi connectivity index (χ1) is 13.0. The van der Waals surface area contributed by atoms with E-state index in [9.17, 15) is 14.4 Å². The number of amides is 2. The van der Waals surface area contributed by atoms with E-state index in [1.165, 1.54) is 6.07 Å². The monoisotopic (exact) mass is 382 g/mol. The summed E-state index contributed by atoms with van der Waals surface area (Å²) in [5.41, 5.74) is 1.28. The van der Waals surface area contributed by atoms with Crippen molar-refractivity contribution in [3.8, 4) is 0 Å². The van der Waals surface area contributed by atoms with Crippen LogP contribution in [0.4, 0.5) is 11.4 Å². The van der Waals surface area contributed by atoms with Crippen molar-refractivity contribution >= 4 is 45.8 Å². The van der Waals surface area contributed by atoms with Crippen molar-refractivity contribution < 1.29 is 14.0 Å². The zero-order valence-electron chi connectivity index (χ0n) is 14.1. The summed E-state index contributed by atoms with van der Waals surface area (Å²) in [7, 11) is 0. The zero-order chi connectivity index (χ0) is 19.0. The largest absolute Gasteiger partial charge is 0.423 e. The highest BCUT2D eigenvalue weighted by Gasteiger charge is 2.35. The first-order valence-corrected chi connectivity index (χ1v) is 8.78. The normalized spacial score (nSPS) is 16.7. The van der Waals surface area contributed by atoms with Gasteiger partial charge < -0.3 is 14.6 Å². The molecule has 27 heavy (non-hydrogen) atoms. The fourth-order valence-corrected chi connectivity index (χ4v) is 3.36. The zero-order valence-corrected chi connectivity index (χ0v) is 14.9. The highest BCUT2D eigenvalue weighted by Crippen LogP contribution is 2.28. The summed E-state index contributed by atoms with van der Waals surface area (Å²) in [6.45, 7) is 0.299. The van der Waals surface area contributed by atoms with Gasteiger partial charge in [-0.2, -0.15) is 0 Å². The minimum absolute atomic E-state index is 0.113. The Morgan fingerprint density at radius 1 is 1.11 bits per heavy atom. The molecule has 1 atom stereocenters. The van der Waals surface area contributed by atoms with Gasteiger partial charge in [-0.1, -0.05) is 17.7 Å². The topological polar surface area (TPSA) is 79.6 Å². The van der Waals surface area contributed by atoms with Crippen molar-refractivity contribution in [2.24, 2.45) is 5.92 Å². The van der Waals surface area contributed by atoms with E-state index in [0.29, 0.717) is 33.9 Å². The van der Waals surface area contributed by atoms with Gasteiger partial charge in [-0.3, -0.25) is 9.59 Å². The molecule has 2 amide bonds. The van der Waals surface area contributed by atoms with Gasteiger partial charge in [0.2, 0.25) is 11.8 Å². The Labute approximate surface area is 159 Å². The Hall–Kier alpha value is -3.12. The molecule has 7 heteroatoms.